The second kappa shape index (κ2) is 10.9. The highest BCUT2D eigenvalue weighted by Gasteiger charge is 2.40. The second-order valence-corrected chi connectivity index (χ2v) is 10.2. The van der Waals surface area contributed by atoms with Gasteiger partial charge in [0, 0.05) is 47.0 Å². The molecule has 1 heterocycles. The van der Waals surface area contributed by atoms with Gasteiger partial charge in [-0.2, -0.15) is 0 Å². The van der Waals surface area contributed by atoms with Gasteiger partial charge in [0.05, 0.1) is 6.61 Å². The molecule has 7 nitrogen and oxygen atoms in total. The van der Waals surface area contributed by atoms with E-state index >= 15 is 0 Å². The van der Waals surface area contributed by atoms with Gasteiger partial charge in [0.25, 0.3) is 5.91 Å². The molecule has 5 rings (SSSR count). The van der Waals surface area contributed by atoms with E-state index < -0.39 is 5.92 Å². The molecule has 7 heteroatoms. The number of benzene rings is 2. The summed E-state index contributed by atoms with van der Waals surface area (Å²) in [5.74, 6) is 0.419. The number of hydrogen-bond donors (Lipinski definition) is 2. The molecule has 0 spiro atoms. The fourth-order valence-corrected chi connectivity index (χ4v) is 5.57. The molecule has 1 amide bonds. The van der Waals surface area contributed by atoms with E-state index in [9.17, 15) is 14.4 Å². The standard InChI is InChI=1S/C31H34N2O5/c1-4-37-27-16-20(12-14-26(27)38-17-28(36)32-21-13-11-18(2)19(3)15-21)29-30-22(7-5-9-24(30)34)33-23-8-6-10-25(35)31(23)29/h11-16,29,33H,4-10,17H2,1-3H3,(H,32,36). The van der Waals surface area contributed by atoms with Crippen molar-refractivity contribution in [2.45, 2.75) is 65.2 Å². The van der Waals surface area contributed by atoms with Crippen LogP contribution in [0.4, 0.5) is 5.69 Å². The number of hydrogen-bond acceptors (Lipinski definition) is 6. The van der Waals surface area contributed by atoms with Crippen LogP contribution in [0, 0.1) is 13.8 Å². The highest BCUT2D eigenvalue weighted by Crippen LogP contribution is 2.46. The summed E-state index contributed by atoms with van der Waals surface area (Å²) in [5, 5.41) is 6.31. The van der Waals surface area contributed by atoms with E-state index in [2.05, 4.69) is 10.6 Å². The van der Waals surface area contributed by atoms with E-state index in [1.54, 1.807) is 6.07 Å². The minimum atomic E-state index is -0.414. The van der Waals surface area contributed by atoms with Crippen molar-refractivity contribution >= 4 is 23.2 Å². The Morgan fingerprint density at radius 2 is 1.55 bits per heavy atom. The van der Waals surface area contributed by atoms with Crippen LogP contribution >= 0.6 is 0 Å². The lowest BCUT2D eigenvalue weighted by atomic mass is 9.71. The summed E-state index contributed by atoms with van der Waals surface area (Å²) in [4.78, 5) is 38.8. The van der Waals surface area contributed by atoms with Gasteiger partial charge < -0.3 is 20.1 Å². The maximum atomic E-state index is 13.1. The molecule has 0 unspecified atom stereocenters. The predicted molar refractivity (Wildman–Crippen MR) is 145 cm³/mol. The predicted octanol–water partition coefficient (Wildman–Crippen LogP) is 5.42. The third-order valence-electron chi connectivity index (χ3n) is 7.54. The van der Waals surface area contributed by atoms with E-state index in [0.717, 1.165) is 59.5 Å². The van der Waals surface area contributed by atoms with E-state index in [1.165, 1.54) is 0 Å². The number of ketones is 2. The molecule has 1 aliphatic heterocycles. The van der Waals surface area contributed by atoms with Crippen molar-refractivity contribution in [2.24, 2.45) is 0 Å². The van der Waals surface area contributed by atoms with Crippen LogP contribution in [0.3, 0.4) is 0 Å². The number of aryl methyl sites for hydroxylation is 2. The quantitative estimate of drug-likeness (QED) is 0.512. The molecular formula is C31H34N2O5. The Kier molecular flexibility index (Phi) is 7.36. The lowest BCUT2D eigenvalue weighted by Gasteiger charge is -2.37. The SMILES string of the molecule is CCOc1cc(C2C3=C(CCCC3=O)NC3=C2C(=O)CCC3)ccc1OCC(=O)Nc1ccc(C)c(C)c1. The average Bonchev–Trinajstić information content (AvgIpc) is 2.89. The number of carbonyl (C=O) groups is 3. The van der Waals surface area contributed by atoms with Crippen LogP contribution in [0.1, 0.15) is 68.1 Å². The number of carbonyl (C=O) groups excluding carboxylic acids is 3. The Morgan fingerprint density at radius 1 is 0.868 bits per heavy atom. The largest absolute Gasteiger partial charge is 0.490 e. The van der Waals surface area contributed by atoms with Crippen LogP contribution in [-0.2, 0) is 14.4 Å². The number of allylic oxidation sites excluding steroid dienone is 4. The molecule has 2 aromatic rings. The number of nitrogens with one attached hydrogen (secondary N) is 2. The molecule has 2 aromatic carbocycles. The summed E-state index contributed by atoms with van der Waals surface area (Å²) >= 11 is 0. The first-order chi connectivity index (χ1) is 18.4. The summed E-state index contributed by atoms with van der Waals surface area (Å²) in [7, 11) is 0. The molecule has 0 bridgehead atoms. The Bertz CT molecular complexity index is 1330. The van der Waals surface area contributed by atoms with Crippen LogP contribution < -0.4 is 20.1 Å². The smallest absolute Gasteiger partial charge is 0.262 e. The highest BCUT2D eigenvalue weighted by molar-refractivity contribution is 6.06. The van der Waals surface area contributed by atoms with Gasteiger partial charge in [-0.05, 0) is 87.4 Å². The van der Waals surface area contributed by atoms with Crippen molar-refractivity contribution in [3.05, 3.63) is 75.6 Å². The zero-order chi connectivity index (χ0) is 26.8. The first kappa shape index (κ1) is 25.8. The number of anilines is 1. The van der Waals surface area contributed by atoms with Crippen molar-refractivity contribution in [1.29, 1.82) is 0 Å². The number of ether oxygens (including phenoxy) is 2. The minimum Gasteiger partial charge on any atom is -0.490 e. The monoisotopic (exact) mass is 514 g/mol. The lowest BCUT2D eigenvalue weighted by Crippen LogP contribution is -2.36. The van der Waals surface area contributed by atoms with Crippen LogP contribution in [0.25, 0.3) is 0 Å². The Labute approximate surface area is 223 Å². The maximum Gasteiger partial charge on any atom is 0.262 e. The molecule has 38 heavy (non-hydrogen) atoms. The van der Waals surface area contributed by atoms with Crippen molar-refractivity contribution in [3.8, 4) is 11.5 Å². The van der Waals surface area contributed by atoms with Gasteiger partial charge in [-0.15, -0.1) is 0 Å². The second-order valence-electron chi connectivity index (χ2n) is 10.2. The van der Waals surface area contributed by atoms with Gasteiger partial charge in [0.2, 0.25) is 0 Å². The average molecular weight is 515 g/mol. The molecule has 0 saturated heterocycles. The Balaban J connectivity index is 1.41. The van der Waals surface area contributed by atoms with E-state index in [0.29, 0.717) is 42.1 Å². The zero-order valence-corrected chi connectivity index (χ0v) is 22.2. The third-order valence-corrected chi connectivity index (χ3v) is 7.54. The summed E-state index contributed by atoms with van der Waals surface area (Å²) in [6, 6.07) is 11.3. The van der Waals surface area contributed by atoms with Crippen molar-refractivity contribution < 1.29 is 23.9 Å². The van der Waals surface area contributed by atoms with Crippen LogP contribution in [-0.4, -0.2) is 30.7 Å². The molecule has 0 atom stereocenters. The van der Waals surface area contributed by atoms with E-state index in [1.807, 2.05) is 51.1 Å². The van der Waals surface area contributed by atoms with Gasteiger partial charge in [-0.25, -0.2) is 0 Å². The molecule has 0 radical (unpaired) electrons. The molecule has 3 aliphatic rings. The molecular weight excluding hydrogens is 480 g/mol. The minimum absolute atomic E-state index is 0.0926. The highest BCUT2D eigenvalue weighted by atomic mass is 16.5. The van der Waals surface area contributed by atoms with Crippen LogP contribution in [0.2, 0.25) is 0 Å². The molecule has 2 N–H and O–H groups in total. The number of rotatable bonds is 7. The number of Topliss-reactive ketones (excluding diaryl/α,β-unsaturated/α-hetero) is 2. The molecule has 0 fully saturated rings. The normalized spacial score (nSPS) is 17.6. The topological polar surface area (TPSA) is 93.7 Å². The van der Waals surface area contributed by atoms with Gasteiger partial charge in [0.1, 0.15) is 0 Å². The van der Waals surface area contributed by atoms with Crippen LogP contribution in [0.5, 0.6) is 11.5 Å². The summed E-state index contributed by atoms with van der Waals surface area (Å²) in [5.41, 5.74) is 7.10. The van der Waals surface area contributed by atoms with Gasteiger partial charge in [-0.1, -0.05) is 12.1 Å². The van der Waals surface area contributed by atoms with E-state index in [4.69, 9.17) is 9.47 Å². The van der Waals surface area contributed by atoms with Gasteiger partial charge in [0.15, 0.2) is 29.7 Å². The molecule has 0 aromatic heterocycles. The maximum absolute atomic E-state index is 13.1. The fourth-order valence-electron chi connectivity index (χ4n) is 5.57. The van der Waals surface area contributed by atoms with E-state index in [-0.39, 0.29) is 24.1 Å². The Hall–Kier alpha value is -3.87. The Morgan fingerprint density at radius 3 is 2.18 bits per heavy atom. The molecule has 198 valence electrons. The summed E-state index contributed by atoms with van der Waals surface area (Å²) < 4.78 is 11.8. The van der Waals surface area contributed by atoms with Gasteiger partial charge >= 0.3 is 0 Å². The van der Waals surface area contributed by atoms with Crippen molar-refractivity contribution in [2.75, 3.05) is 18.5 Å². The van der Waals surface area contributed by atoms with Crippen molar-refractivity contribution in [3.63, 3.8) is 0 Å². The lowest BCUT2D eigenvalue weighted by molar-refractivity contribution is -0.118. The van der Waals surface area contributed by atoms with Crippen LogP contribution in [0.15, 0.2) is 58.9 Å². The van der Waals surface area contributed by atoms with Crippen molar-refractivity contribution in [1.82, 2.24) is 5.32 Å². The fraction of sp³-hybridized carbons (Fsp3) is 0.387. The molecule has 0 saturated carbocycles. The zero-order valence-electron chi connectivity index (χ0n) is 22.2. The summed E-state index contributed by atoms with van der Waals surface area (Å²) in [6.45, 7) is 6.13. The number of dihydropyridines is 1. The summed E-state index contributed by atoms with van der Waals surface area (Å²) in [6.07, 6.45) is 4.21. The first-order valence-electron chi connectivity index (χ1n) is 13.4. The first-order valence-corrected chi connectivity index (χ1v) is 13.4. The third kappa shape index (κ3) is 5.10. The number of amides is 1. The van der Waals surface area contributed by atoms with Gasteiger partial charge in [-0.3, -0.25) is 14.4 Å². The molecule has 2 aliphatic carbocycles.